The van der Waals surface area contributed by atoms with Crippen LogP contribution < -0.4 is 5.32 Å². The molecule has 20 heavy (non-hydrogen) atoms. The lowest BCUT2D eigenvalue weighted by Gasteiger charge is -2.10. The third-order valence-corrected chi connectivity index (χ3v) is 3.06. The third kappa shape index (κ3) is 3.54. The molecule has 0 spiro atoms. The molecule has 0 bridgehead atoms. The van der Waals surface area contributed by atoms with Crippen LogP contribution in [0.5, 0.6) is 0 Å². The lowest BCUT2D eigenvalue weighted by atomic mass is 10.1. The van der Waals surface area contributed by atoms with E-state index in [9.17, 15) is 9.18 Å². The molecule has 0 atom stereocenters. The summed E-state index contributed by atoms with van der Waals surface area (Å²) in [6.45, 7) is 0.368. The van der Waals surface area contributed by atoms with Gasteiger partial charge in [-0.2, -0.15) is 0 Å². The van der Waals surface area contributed by atoms with Crippen LogP contribution in [0.4, 0.5) is 10.1 Å². The van der Waals surface area contributed by atoms with Crippen molar-refractivity contribution in [1.29, 1.82) is 0 Å². The smallest absolute Gasteiger partial charge is 0.339 e. The van der Waals surface area contributed by atoms with Crippen LogP contribution in [0.3, 0.4) is 0 Å². The van der Waals surface area contributed by atoms with E-state index in [1.165, 1.54) is 25.3 Å². The summed E-state index contributed by atoms with van der Waals surface area (Å²) >= 11 is 3.28. The van der Waals surface area contributed by atoms with Gasteiger partial charge in [0.2, 0.25) is 0 Å². The maximum absolute atomic E-state index is 13.3. The highest BCUT2D eigenvalue weighted by Gasteiger charge is 2.12. The predicted molar refractivity (Wildman–Crippen MR) is 77.0 cm³/mol. The Kier molecular flexibility index (Phi) is 4.68. The highest BCUT2D eigenvalue weighted by molar-refractivity contribution is 9.10. The average molecular weight is 339 g/mol. The molecule has 0 fully saturated rings. The second-order valence-electron chi connectivity index (χ2n) is 3.99. The van der Waals surface area contributed by atoms with Crippen LogP contribution in [0.15, 0.2) is 41.0 Å². The molecule has 104 valence electrons. The standard InChI is InChI=1S/C14H12BrFN2O2/c1-20-14(19)11-6-5-9(16)7-12(11)17-8-10-3-2-4-13(15)18-10/h2-7,17H,8H2,1H3. The number of nitrogens with one attached hydrogen (secondary N) is 1. The number of anilines is 1. The van der Waals surface area contributed by atoms with Crippen molar-refractivity contribution in [3.05, 3.63) is 58.1 Å². The number of rotatable bonds is 4. The molecule has 0 aliphatic rings. The van der Waals surface area contributed by atoms with Crippen molar-refractivity contribution < 1.29 is 13.9 Å². The van der Waals surface area contributed by atoms with Gasteiger partial charge in [-0.15, -0.1) is 0 Å². The van der Waals surface area contributed by atoms with E-state index in [2.05, 4.69) is 31.0 Å². The highest BCUT2D eigenvalue weighted by Crippen LogP contribution is 2.19. The molecule has 0 amide bonds. The van der Waals surface area contributed by atoms with Gasteiger partial charge >= 0.3 is 5.97 Å². The predicted octanol–water partition coefficient (Wildman–Crippen LogP) is 3.38. The molecule has 1 N–H and O–H groups in total. The fourth-order valence-electron chi connectivity index (χ4n) is 1.69. The minimum atomic E-state index is -0.519. The van der Waals surface area contributed by atoms with E-state index in [0.29, 0.717) is 16.8 Å². The van der Waals surface area contributed by atoms with Gasteiger partial charge in [-0.05, 0) is 46.3 Å². The van der Waals surface area contributed by atoms with E-state index in [-0.39, 0.29) is 5.56 Å². The van der Waals surface area contributed by atoms with Gasteiger partial charge in [0.15, 0.2) is 0 Å². The summed E-state index contributed by atoms with van der Waals surface area (Å²) in [4.78, 5) is 15.9. The van der Waals surface area contributed by atoms with Crippen LogP contribution in [0.25, 0.3) is 0 Å². The molecular formula is C14H12BrFN2O2. The Morgan fingerprint density at radius 2 is 2.20 bits per heavy atom. The van der Waals surface area contributed by atoms with Crippen molar-refractivity contribution in [1.82, 2.24) is 4.98 Å². The lowest BCUT2D eigenvalue weighted by Crippen LogP contribution is -2.09. The van der Waals surface area contributed by atoms with Gasteiger partial charge in [0.05, 0.1) is 30.6 Å². The van der Waals surface area contributed by atoms with Crippen LogP contribution in [0.2, 0.25) is 0 Å². The molecule has 1 aromatic heterocycles. The number of carbonyl (C=O) groups excluding carboxylic acids is 1. The maximum atomic E-state index is 13.3. The van der Waals surface area contributed by atoms with Crippen LogP contribution in [0, 0.1) is 5.82 Å². The highest BCUT2D eigenvalue weighted by atomic mass is 79.9. The van der Waals surface area contributed by atoms with Crippen molar-refractivity contribution in [2.24, 2.45) is 0 Å². The minimum absolute atomic E-state index is 0.281. The fourth-order valence-corrected chi connectivity index (χ4v) is 2.07. The zero-order valence-corrected chi connectivity index (χ0v) is 12.3. The number of ether oxygens (including phenoxy) is 1. The van der Waals surface area contributed by atoms with E-state index >= 15 is 0 Å². The monoisotopic (exact) mass is 338 g/mol. The van der Waals surface area contributed by atoms with Crippen LogP contribution >= 0.6 is 15.9 Å². The number of pyridine rings is 1. The number of nitrogens with zero attached hydrogens (tertiary/aromatic N) is 1. The zero-order chi connectivity index (χ0) is 14.5. The molecule has 0 aliphatic heterocycles. The maximum Gasteiger partial charge on any atom is 0.339 e. The van der Waals surface area contributed by atoms with Gasteiger partial charge in [-0.3, -0.25) is 0 Å². The number of halogens is 2. The zero-order valence-electron chi connectivity index (χ0n) is 10.7. The van der Waals surface area contributed by atoms with Crippen LogP contribution in [-0.2, 0) is 11.3 Å². The summed E-state index contributed by atoms with van der Waals surface area (Å²) in [7, 11) is 1.28. The SMILES string of the molecule is COC(=O)c1ccc(F)cc1NCc1cccc(Br)n1. The van der Waals surface area contributed by atoms with Crippen LogP contribution in [-0.4, -0.2) is 18.1 Å². The number of hydrogen-bond acceptors (Lipinski definition) is 4. The first-order chi connectivity index (χ1) is 9.60. The Morgan fingerprint density at radius 1 is 1.40 bits per heavy atom. The molecule has 0 radical (unpaired) electrons. The quantitative estimate of drug-likeness (QED) is 0.685. The van der Waals surface area contributed by atoms with Gasteiger partial charge in [0.1, 0.15) is 10.4 Å². The van der Waals surface area contributed by atoms with E-state index in [4.69, 9.17) is 0 Å². The molecule has 4 nitrogen and oxygen atoms in total. The lowest BCUT2D eigenvalue weighted by molar-refractivity contribution is 0.0602. The van der Waals surface area contributed by atoms with E-state index in [0.717, 1.165) is 5.69 Å². The summed E-state index contributed by atoms with van der Waals surface area (Å²) in [5.41, 5.74) is 1.42. The summed E-state index contributed by atoms with van der Waals surface area (Å²) in [6.07, 6.45) is 0. The second kappa shape index (κ2) is 6.47. The van der Waals surface area contributed by atoms with Crippen molar-refractivity contribution in [2.45, 2.75) is 6.54 Å². The number of carbonyl (C=O) groups is 1. The normalized spacial score (nSPS) is 10.2. The summed E-state index contributed by atoms with van der Waals surface area (Å²) in [5, 5.41) is 2.99. The molecule has 1 heterocycles. The first kappa shape index (κ1) is 14.5. The molecule has 0 aliphatic carbocycles. The molecule has 0 saturated carbocycles. The third-order valence-electron chi connectivity index (χ3n) is 2.62. The summed E-state index contributed by atoms with van der Waals surface area (Å²) in [5.74, 6) is -0.947. The van der Waals surface area contributed by atoms with Crippen molar-refractivity contribution >= 4 is 27.6 Å². The van der Waals surface area contributed by atoms with Gasteiger partial charge in [0, 0.05) is 0 Å². The van der Waals surface area contributed by atoms with E-state index < -0.39 is 11.8 Å². The topological polar surface area (TPSA) is 51.2 Å². The number of benzene rings is 1. The molecular weight excluding hydrogens is 327 g/mol. The Balaban J connectivity index is 2.20. The average Bonchev–Trinajstić information content (AvgIpc) is 2.44. The Labute approximate surface area is 124 Å². The first-order valence-corrected chi connectivity index (χ1v) is 6.62. The summed E-state index contributed by atoms with van der Waals surface area (Å²) in [6, 6.07) is 9.35. The Hall–Kier alpha value is -1.95. The largest absolute Gasteiger partial charge is 0.465 e. The molecule has 0 saturated heterocycles. The molecule has 2 aromatic rings. The van der Waals surface area contributed by atoms with E-state index in [1.54, 1.807) is 0 Å². The Morgan fingerprint density at radius 3 is 2.90 bits per heavy atom. The fraction of sp³-hybridized carbons (Fsp3) is 0.143. The number of hydrogen-bond donors (Lipinski definition) is 1. The van der Waals surface area contributed by atoms with E-state index in [1.807, 2.05) is 18.2 Å². The molecule has 6 heteroatoms. The number of esters is 1. The second-order valence-corrected chi connectivity index (χ2v) is 4.80. The van der Waals surface area contributed by atoms with Gasteiger partial charge in [-0.25, -0.2) is 14.2 Å². The Bertz CT molecular complexity index is 634. The van der Waals surface area contributed by atoms with Crippen molar-refractivity contribution in [3.8, 4) is 0 Å². The van der Waals surface area contributed by atoms with Gasteiger partial charge in [0.25, 0.3) is 0 Å². The van der Waals surface area contributed by atoms with Gasteiger partial charge in [-0.1, -0.05) is 6.07 Å². The summed E-state index contributed by atoms with van der Waals surface area (Å²) < 4.78 is 18.7. The van der Waals surface area contributed by atoms with Crippen molar-refractivity contribution in [2.75, 3.05) is 12.4 Å². The molecule has 2 rings (SSSR count). The molecule has 0 unspecified atom stereocenters. The number of aromatic nitrogens is 1. The van der Waals surface area contributed by atoms with Gasteiger partial charge < -0.3 is 10.1 Å². The first-order valence-electron chi connectivity index (χ1n) is 5.83. The number of methoxy groups -OCH3 is 1. The van der Waals surface area contributed by atoms with Crippen molar-refractivity contribution in [3.63, 3.8) is 0 Å². The molecule has 1 aromatic carbocycles. The van der Waals surface area contributed by atoms with Crippen LogP contribution in [0.1, 0.15) is 16.1 Å². The minimum Gasteiger partial charge on any atom is -0.465 e.